The molecule has 0 fully saturated rings. The van der Waals surface area contributed by atoms with Gasteiger partial charge in [-0.05, 0) is 24.1 Å². The standard InChI is InChI=1S/C16H17NO/c1-11-7-8-12-10-17-16(14(12)9-11)13-5-3-4-6-15(13)18-2/h3-9,16-17H,10H2,1-2H3. The summed E-state index contributed by atoms with van der Waals surface area (Å²) in [5.41, 5.74) is 5.28. The van der Waals surface area contributed by atoms with Crippen molar-refractivity contribution >= 4 is 0 Å². The van der Waals surface area contributed by atoms with E-state index in [1.807, 2.05) is 12.1 Å². The molecular formula is C16H17NO. The van der Waals surface area contributed by atoms with Gasteiger partial charge in [-0.3, -0.25) is 0 Å². The molecule has 2 aromatic rings. The Morgan fingerprint density at radius 2 is 1.94 bits per heavy atom. The van der Waals surface area contributed by atoms with Crippen LogP contribution in [0.2, 0.25) is 0 Å². The number of para-hydroxylation sites is 1. The lowest BCUT2D eigenvalue weighted by Crippen LogP contribution is -2.14. The molecule has 2 heteroatoms. The van der Waals surface area contributed by atoms with Crippen molar-refractivity contribution in [2.75, 3.05) is 7.11 Å². The van der Waals surface area contributed by atoms with Crippen molar-refractivity contribution in [2.45, 2.75) is 19.5 Å². The predicted octanol–water partition coefficient (Wildman–Crippen LogP) is 3.20. The second-order valence-electron chi connectivity index (χ2n) is 4.76. The third-order valence-corrected chi connectivity index (χ3v) is 3.56. The Labute approximate surface area is 108 Å². The summed E-state index contributed by atoms with van der Waals surface area (Å²) < 4.78 is 5.46. The van der Waals surface area contributed by atoms with E-state index in [2.05, 4.69) is 42.6 Å². The van der Waals surface area contributed by atoms with Crippen LogP contribution in [0.1, 0.15) is 28.3 Å². The van der Waals surface area contributed by atoms with E-state index in [-0.39, 0.29) is 6.04 Å². The van der Waals surface area contributed by atoms with Crippen LogP contribution in [0.5, 0.6) is 5.75 Å². The van der Waals surface area contributed by atoms with Gasteiger partial charge in [-0.15, -0.1) is 0 Å². The number of hydrogen-bond acceptors (Lipinski definition) is 2. The fraction of sp³-hybridized carbons (Fsp3) is 0.250. The Kier molecular flexibility index (Phi) is 2.80. The average Bonchev–Trinajstić information content (AvgIpc) is 2.81. The molecule has 0 spiro atoms. The molecule has 0 bridgehead atoms. The number of aryl methyl sites for hydroxylation is 1. The number of fused-ring (bicyclic) bond motifs is 1. The lowest BCUT2D eigenvalue weighted by atomic mass is 9.96. The molecule has 2 nitrogen and oxygen atoms in total. The van der Waals surface area contributed by atoms with E-state index in [4.69, 9.17) is 4.74 Å². The van der Waals surface area contributed by atoms with E-state index in [0.717, 1.165) is 12.3 Å². The van der Waals surface area contributed by atoms with Crippen LogP contribution in [0.25, 0.3) is 0 Å². The molecule has 1 aliphatic heterocycles. The van der Waals surface area contributed by atoms with Crippen LogP contribution in [0.15, 0.2) is 42.5 Å². The number of benzene rings is 2. The lowest BCUT2D eigenvalue weighted by molar-refractivity contribution is 0.405. The van der Waals surface area contributed by atoms with Crippen LogP contribution >= 0.6 is 0 Å². The maximum atomic E-state index is 5.46. The minimum absolute atomic E-state index is 0.246. The first-order valence-electron chi connectivity index (χ1n) is 6.25. The van der Waals surface area contributed by atoms with Crippen LogP contribution in [-0.4, -0.2) is 7.11 Å². The highest BCUT2D eigenvalue weighted by molar-refractivity contribution is 5.47. The number of nitrogens with one attached hydrogen (secondary N) is 1. The Morgan fingerprint density at radius 1 is 1.11 bits per heavy atom. The molecule has 1 aliphatic rings. The average molecular weight is 239 g/mol. The molecule has 2 aromatic carbocycles. The highest BCUT2D eigenvalue weighted by Crippen LogP contribution is 2.35. The SMILES string of the molecule is COc1ccccc1C1NCc2ccc(C)cc21. The lowest BCUT2D eigenvalue weighted by Gasteiger charge is -2.16. The van der Waals surface area contributed by atoms with E-state index >= 15 is 0 Å². The second-order valence-corrected chi connectivity index (χ2v) is 4.76. The molecule has 0 saturated heterocycles. The van der Waals surface area contributed by atoms with Gasteiger partial charge in [0.1, 0.15) is 5.75 Å². The second kappa shape index (κ2) is 4.46. The van der Waals surface area contributed by atoms with E-state index in [0.29, 0.717) is 0 Å². The summed E-state index contributed by atoms with van der Waals surface area (Å²) in [7, 11) is 1.73. The molecule has 0 radical (unpaired) electrons. The third kappa shape index (κ3) is 1.79. The fourth-order valence-electron chi connectivity index (χ4n) is 2.65. The van der Waals surface area contributed by atoms with Gasteiger partial charge in [-0.1, -0.05) is 42.0 Å². The van der Waals surface area contributed by atoms with Gasteiger partial charge in [0.2, 0.25) is 0 Å². The fourth-order valence-corrected chi connectivity index (χ4v) is 2.65. The zero-order chi connectivity index (χ0) is 12.5. The Morgan fingerprint density at radius 3 is 2.78 bits per heavy atom. The van der Waals surface area contributed by atoms with Gasteiger partial charge in [0.05, 0.1) is 13.2 Å². The van der Waals surface area contributed by atoms with Crippen molar-refractivity contribution in [1.82, 2.24) is 5.32 Å². The summed E-state index contributed by atoms with van der Waals surface area (Å²) in [6.45, 7) is 3.07. The molecule has 0 saturated carbocycles. The monoisotopic (exact) mass is 239 g/mol. The molecule has 0 aliphatic carbocycles. The van der Waals surface area contributed by atoms with Crippen molar-refractivity contribution in [3.63, 3.8) is 0 Å². The molecule has 0 amide bonds. The van der Waals surface area contributed by atoms with Crippen molar-refractivity contribution < 1.29 is 4.74 Å². The van der Waals surface area contributed by atoms with Gasteiger partial charge < -0.3 is 10.1 Å². The van der Waals surface area contributed by atoms with Crippen molar-refractivity contribution in [3.8, 4) is 5.75 Å². The molecule has 18 heavy (non-hydrogen) atoms. The zero-order valence-corrected chi connectivity index (χ0v) is 10.7. The summed E-state index contributed by atoms with van der Waals surface area (Å²) in [5, 5.41) is 3.56. The smallest absolute Gasteiger partial charge is 0.123 e. The quantitative estimate of drug-likeness (QED) is 0.869. The van der Waals surface area contributed by atoms with E-state index in [1.165, 1.54) is 22.3 Å². The highest BCUT2D eigenvalue weighted by atomic mass is 16.5. The third-order valence-electron chi connectivity index (χ3n) is 3.56. The van der Waals surface area contributed by atoms with Crippen LogP contribution in [-0.2, 0) is 6.54 Å². The molecule has 1 unspecified atom stereocenters. The number of ether oxygens (including phenoxy) is 1. The van der Waals surface area contributed by atoms with Gasteiger partial charge in [-0.25, -0.2) is 0 Å². The van der Waals surface area contributed by atoms with E-state index < -0.39 is 0 Å². The molecule has 1 heterocycles. The summed E-state index contributed by atoms with van der Waals surface area (Å²) in [4.78, 5) is 0. The summed E-state index contributed by atoms with van der Waals surface area (Å²) in [6.07, 6.45) is 0. The van der Waals surface area contributed by atoms with Crippen molar-refractivity contribution in [2.24, 2.45) is 0 Å². The van der Waals surface area contributed by atoms with Gasteiger partial charge >= 0.3 is 0 Å². The van der Waals surface area contributed by atoms with Crippen molar-refractivity contribution in [1.29, 1.82) is 0 Å². The number of methoxy groups -OCH3 is 1. The molecule has 1 atom stereocenters. The maximum absolute atomic E-state index is 5.46. The van der Waals surface area contributed by atoms with Crippen molar-refractivity contribution in [3.05, 3.63) is 64.7 Å². The topological polar surface area (TPSA) is 21.3 Å². The first kappa shape index (κ1) is 11.3. The number of rotatable bonds is 2. The molecule has 0 aromatic heterocycles. The maximum Gasteiger partial charge on any atom is 0.123 e. The molecular weight excluding hydrogens is 222 g/mol. The van der Waals surface area contributed by atoms with E-state index in [9.17, 15) is 0 Å². The van der Waals surface area contributed by atoms with Gasteiger partial charge in [0.15, 0.2) is 0 Å². The summed E-state index contributed by atoms with van der Waals surface area (Å²) >= 11 is 0. The Bertz CT molecular complexity index is 577. The van der Waals surface area contributed by atoms with Gasteiger partial charge in [0.25, 0.3) is 0 Å². The molecule has 3 rings (SSSR count). The largest absolute Gasteiger partial charge is 0.496 e. The Hall–Kier alpha value is -1.80. The first-order chi connectivity index (χ1) is 8.79. The normalized spacial score (nSPS) is 17.6. The summed E-state index contributed by atoms with van der Waals surface area (Å²) in [6, 6.07) is 15.1. The van der Waals surface area contributed by atoms with Crippen LogP contribution in [0, 0.1) is 6.92 Å². The molecule has 1 N–H and O–H groups in total. The van der Waals surface area contributed by atoms with E-state index in [1.54, 1.807) is 7.11 Å². The van der Waals surface area contributed by atoms with Crippen LogP contribution in [0.4, 0.5) is 0 Å². The first-order valence-corrected chi connectivity index (χ1v) is 6.25. The summed E-state index contributed by atoms with van der Waals surface area (Å²) in [5.74, 6) is 0.948. The highest BCUT2D eigenvalue weighted by Gasteiger charge is 2.25. The van der Waals surface area contributed by atoms with Gasteiger partial charge in [-0.2, -0.15) is 0 Å². The molecule has 92 valence electrons. The Balaban J connectivity index is 2.08. The van der Waals surface area contributed by atoms with Gasteiger partial charge in [0, 0.05) is 12.1 Å². The minimum Gasteiger partial charge on any atom is -0.496 e. The number of hydrogen-bond donors (Lipinski definition) is 1. The minimum atomic E-state index is 0.246. The van der Waals surface area contributed by atoms with Crippen LogP contribution < -0.4 is 10.1 Å². The van der Waals surface area contributed by atoms with Crippen LogP contribution in [0.3, 0.4) is 0 Å². The zero-order valence-electron chi connectivity index (χ0n) is 10.7. The predicted molar refractivity (Wildman–Crippen MR) is 72.9 cm³/mol.